The fourth-order valence-corrected chi connectivity index (χ4v) is 4.55. The first kappa shape index (κ1) is 19.1. The summed E-state index contributed by atoms with van der Waals surface area (Å²) >= 11 is 0. The molecule has 0 aliphatic rings. The van der Waals surface area contributed by atoms with Crippen LogP contribution in [0.3, 0.4) is 0 Å². The first-order valence-electron chi connectivity index (χ1n) is 8.60. The Morgan fingerprint density at radius 2 is 1.70 bits per heavy atom. The molecule has 3 aromatic rings. The number of hydrogen-bond donors (Lipinski definition) is 1. The van der Waals surface area contributed by atoms with Gasteiger partial charge in [0, 0.05) is 18.8 Å². The van der Waals surface area contributed by atoms with Crippen LogP contribution in [-0.2, 0) is 16.6 Å². The predicted molar refractivity (Wildman–Crippen MR) is 105 cm³/mol. The van der Waals surface area contributed by atoms with E-state index in [9.17, 15) is 8.42 Å². The van der Waals surface area contributed by atoms with Crippen molar-refractivity contribution in [2.75, 3.05) is 0 Å². The van der Waals surface area contributed by atoms with E-state index in [1.54, 1.807) is 24.4 Å². The molecule has 2 aromatic carbocycles. The highest BCUT2D eigenvalue weighted by atomic mass is 32.2. The lowest BCUT2D eigenvalue weighted by Gasteiger charge is -2.13. The number of nitrogens with zero attached hydrogens (tertiary/aromatic N) is 1. The molecule has 5 nitrogen and oxygen atoms in total. The molecule has 3 rings (SSSR count). The summed E-state index contributed by atoms with van der Waals surface area (Å²) in [6.45, 7) is 5.76. The van der Waals surface area contributed by atoms with E-state index >= 15 is 0 Å². The average molecular weight is 382 g/mol. The maximum Gasteiger partial charge on any atom is 0.241 e. The third kappa shape index (κ3) is 4.72. The van der Waals surface area contributed by atoms with Crippen LogP contribution in [0.2, 0.25) is 0 Å². The number of nitrogens with one attached hydrogen (secondary N) is 1. The first-order chi connectivity index (χ1) is 12.8. The van der Waals surface area contributed by atoms with Gasteiger partial charge in [-0.1, -0.05) is 35.9 Å². The van der Waals surface area contributed by atoms with Crippen LogP contribution in [-0.4, -0.2) is 13.4 Å². The third-order valence-corrected chi connectivity index (χ3v) is 5.80. The zero-order valence-corrected chi connectivity index (χ0v) is 16.4. The summed E-state index contributed by atoms with van der Waals surface area (Å²) in [5.74, 6) is 1.09. The zero-order valence-electron chi connectivity index (χ0n) is 15.6. The monoisotopic (exact) mass is 382 g/mol. The molecule has 0 spiro atoms. The Balaban J connectivity index is 1.76. The molecule has 0 amide bonds. The van der Waals surface area contributed by atoms with E-state index in [2.05, 4.69) is 9.71 Å². The highest BCUT2D eigenvalue weighted by Crippen LogP contribution is 2.23. The van der Waals surface area contributed by atoms with Gasteiger partial charge in [-0.05, 0) is 55.7 Å². The molecule has 0 unspecified atom stereocenters. The minimum Gasteiger partial charge on any atom is -0.439 e. The van der Waals surface area contributed by atoms with Crippen molar-refractivity contribution in [3.63, 3.8) is 0 Å². The number of aryl methyl sites for hydroxylation is 3. The van der Waals surface area contributed by atoms with Crippen LogP contribution in [0.25, 0.3) is 0 Å². The second kappa shape index (κ2) is 7.90. The van der Waals surface area contributed by atoms with Gasteiger partial charge in [-0.3, -0.25) is 0 Å². The SMILES string of the molecule is Cc1cc(C)c(S(=O)(=O)NCc2cccc(Oc3ccccn3)c2)c(C)c1. The van der Waals surface area contributed by atoms with Crippen molar-refractivity contribution in [1.29, 1.82) is 0 Å². The highest BCUT2D eigenvalue weighted by Gasteiger charge is 2.19. The lowest BCUT2D eigenvalue weighted by atomic mass is 10.1. The lowest BCUT2D eigenvalue weighted by molar-refractivity contribution is 0.462. The first-order valence-corrected chi connectivity index (χ1v) is 10.1. The Morgan fingerprint density at radius 1 is 0.963 bits per heavy atom. The fourth-order valence-electron chi connectivity index (χ4n) is 3.09. The van der Waals surface area contributed by atoms with Crippen molar-refractivity contribution in [3.05, 3.63) is 83.0 Å². The normalized spacial score (nSPS) is 11.4. The van der Waals surface area contributed by atoms with Crippen LogP contribution in [0, 0.1) is 20.8 Å². The molecule has 1 heterocycles. The van der Waals surface area contributed by atoms with E-state index in [4.69, 9.17) is 4.74 Å². The van der Waals surface area contributed by atoms with E-state index in [1.165, 1.54) is 0 Å². The van der Waals surface area contributed by atoms with Gasteiger partial charge >= 0.3 is 0 Å². The van der Waals surface area contributed by atoms with Crippen LogP contribution < -0.4 is 9.46 Å². The largest absolute Gasteiger partial charge is 0.439 e. The molecular weight excluding hydrogens is 360 g/mol. The number of benzene rings is 2. The van der Waals surface area contributed by atoms with Gasteiger partial charge in [-0.25, -0.2) is 18.1 Å². The number of aromatic nitrogens is 1. The van der Waals surface area contributed by atoms with Gasteiger partial charge in [-0.2, -0.15) is 0 Å². The third-order valence-electron chi connectivity index (χ3n) is 4.10. The standard InChI is InChI=1S/C21H22N2O3S/c1-15-11-16(2)21(17(3)12-15)27(24,25)23-14-18-7-6-8-19(13-18)26-20-9-4-5-10-22-20/h4-13,23H,14H2,1-3H3. The van der Waals surface area contributed by atoms with Gasteiger partial charge in [0.1, 0.15) is 5.75 Å². The van der Waals surface area contributed by atoms with Crippen LogP contribution in [0.1, 0.15) is 22.3 Å². The van der Waals surface area contributed by atoms with E-state index in [0.717, 1.165) is 22.3 Å². The van der Waals surface area contributed by atoms with E-state index in [1.807, 2.05) is 57.2 Å². The van der Waals surface area contributed by atoms with E-state index < -0.39 is 10.0 Å². The number of rotatable bonds is 6. The summed E-state index contributed by atoms with van der Waals surface area (Å²) in [5, 5.41) is 0. The second-order valence-corrected chi connectivity index (χ2v) is 8.17. The molecule has 0 radical (unpaired) electrons. The van der Waals surface area contributed by atoms with Gasteiger partial charge in [0.2, 0.25) is 15.9 Å². The molecule has 0 aliphatic heterocycles. The number of ether oxygens (including phenoxy) is 1. The van der Waals surface area contributed by atoms with Gasteiger partial charge in [0.15, 0.2) is 0 Å². The van der Waals surface area contributed by atoms with E-state index in [0.29, 0.717) is 16.5 Å². The maximum absolute atomic E-state index is 12.8. The molecule has 1 aromatic heterocycles. The summed E-state index contributed by atoms with van der Waals surface area (Å²) in [4.78, 5) is 4.46. The van der Waals surface area contributed by atoms with Gasteiger partial charge in [0.25, 0.3) is 0 Å². The molecule has 0 bridgehead atoms. The molecule has 27 heavy (non-hydrogen) atoms. The Morgan fingerprint density at radius 3 is 2.37 bits per heavy atom. The van der Waals surface area contributed by atoms with Gasteiger partial charge in [-0.15, -0.1) is 0 Å². The molecule has 0 saturated heterocycles. The highest BCUT2D eigenvalue weighted by molar-refractivity contribution is 7.89. The smallest absolute Gasteiger partial charge is 0.241 e. The summed E-state index contributed by atoms with van der Waals surface area (Å²) < 4.78 is 33.9. The van der Waals surface area contributed by atoms with Crippen molar-refractivity contribution in [2.24, 2.45) is 0 Å². The fraction of sp³-hybridized carbons (Fsp3) is 0.190. The maximum atomic E-state index is 12.8. The van der Waals surface area contributed by atoms with Crippen LogP contribution in [0.15, 0.2) is 65.7 Å². The van der Waals surface area contributed by atoms with Crippen LogP contribution >= 0.6 is 0 Å². The predicted octanol–water partition coefficient (Wildman–Crippen LogP) is 4.28. The van der Waals surface area contributed by atoms with Crippen molar-refractivity contribution in [3.8, 4) is 11.6 Å². The van der Waals surface area contributed by atoms with Crippen molar-refractivity contribution < 1.29 is 13.2 Å². The lowest BCUT2D eigenvalue weighted by Crippen LogP contribution is -2.25. The van der Waals surface area contributed by atoms with Crippen LogP contribution in [0.5, 0.6) is 11.6 Å². The van der Waals surface area contributed by atoms with Gasteiger partial charge in [0.05, 0.1) is 4.90 Å². The minimum atomic E-state index is -3.61. The average Bonchev–Trinajstić information content (AvgIpc) is 2.60. The molecule has 0 fully saturated rings. The van der Waals surface area contributed by atoms with Crippen molar-refractivity contribution >= 4 is 10.0 Å². The zero-order chi connectivity index (χ0) is 19.4. The molecule has 0 atom stereocenters. The molecule has 140 valence electrons. The molecule has 0 aliphatic carbocycles. The summed E-state index contributed by atoms with van der Waals surface area (Å²) in [6, 6.07) is 16.4. The molecule has 0 saturated carbocycles. The Bertz CT molecular complexity index is 1030. The number of pyridine rings is 1. The van der Waals surface area contributed by atoms with E-state index in [-0.39, 0.29) is 6.54 Å². The molecule has 6 heteroatoms. The van der Waals surface area contributed by atoms with Crippen molar-refractivity contribution in [1.82, 2.24) is 9.71 Å². The topological polar surface area (TPSA) is 68.3 Å². The Kier molecular flexibility index (Phi) is 5.58. The minimum absolute atomic E-state index is 0.175. The number of hydrogen-bond acceptors (Lipinski definition) is 4. The quantitative estimate of drug-likeness (QED) is 0.691. The van der Waals surface area contributed by atoms with Crippen LogP contribution in [0.4, 0.5) is 0 Å². The summed E-state index contributed by atoms with van der Waals surface area (Å²) in [6.07, 6.45) is 1.65. The second-order valence-electron chi connectivity index (χ2n) is 6.47. The van der Waals surface area contributed by atoms with Gasteiger partial charge < -0.3 is 4.74 Å². The number of sulfonamides is 1. The van der Waals surface area contributed by atoms with Crippen molar-refractivity contribution in [2.45, 2.75) is 32.2 Å². The summed E-state index contributed by atoms with van der Waals surface area (Å²) in [7, 11) is -3.61. The Hall–Kier alpha value is -2.70. The Labute approximate surface area is 160 Å². The molecule has 1 N–H and O–H groups in total. The summed E-state index contributed by atoms with van der Waals surface area (Å²) in [5.41, 5.74) is 3.33. The molecular formula is C21H22N2O3S.